The zero-order valence-corrected chi connectivity index (χ0v) is 16.7. The fourth-order valence-corrected chi connectivity index (χ4v) is 0. The second-order valence-electron chi connectivity index (χ2n) is 0. The van der Waals surface area contributed by atoms with Crippen LogP contribution in [0.2, 0.25) is 0 Å². The van der Waals surface area contributed by atoms with E-state index < -0.39 is 0 Å². The van der Waals surface area contributed by atoms with Crippen LogP contribution in [0.5, 0.6) is 0 Å². The molecule has 0 heterocycles. The molecule has 0 saturated heterocycles. The predicted molar refractivity (Wildman–Crippen MR) is 17.9 cm³/mol. The molecular formula is H5BiNbSrTa. The third-order valence-corrected chi connectivity index (χ3v) is 0. The fourth-order valence-electron chi connectivity index (χ4n) is 0. The fraction of sp³-hybridized carbons (Fsp3) is 0. The molecule has 0 aliphatic rings. The van der Waals surface area contributed by atoms with Gasteiger partial charge in [0.25, 0.3) is 0 Å². The minimum atomic E-state index is 0. The van der Waals surface area contributed by atoms with E-state index in [2.05, 4.69) is 0 Å². The van der Waals surface area contributed by atoms with Crippen LogP contribution in [-0.2, 0) is 44.8 Å². The van der Waals surface area contributed by atoms with Crippen molar-refractivity contribution in [3.05, 3.63) is 0 Å². The summed E-state index contributed by atoms with van der Waals surface area (Å²) < 4.78 is 0. The van der Waals surface area contributed by atoms with Crippen LogP contribution in [-0.4, -0.2) is 71.7 Å². The Morgan fingerprint density at radius 2 is 1.25 bits per heavy atom. The van der Waals surface area contributed by atoms with Gasteiger partial charge in [0, 0.05) is 44.8 Å². The van der Waals surface area contributed by atoms with Crippen LogP contribution in [0.4, 0.5) is 0 Å². The minimum Gasteiger partial charge on any atom is -1.00 e. The van der Waals surface area contributed by atoms with Gasteiger partial charge in [0.2, 0.25) is 0 Å². The molecule has 4 heavy (non-hydrogen) atoms. The Morgan fingerprint density at radius 1 is 1.25 bits per heavy atom. The van der Waals surface area contributed by atoms with Crippen LogP contribution >= 0.6 is 0 Å². The first-order chi connectivity index (χ1) is 0. The van der Waals surface area contributed by atoms with Gasteiger partial charge in [-0.3, -0.25) is 0 Å². The first-order valence-corrected chi connectivity index (χ1v) is 0. The van der Waals surface area contributed by atoms with Crippen molar-refractivity contribution >= 4 is 71.7 Å². The summed E-state index contributed by atoms with van der Waals surface area (Å²) in [5.74, 6) is 0. The molecule has 0 atom stereocenters. The van der Waals surface area contributed by atoms with Gasteiger partial charge in [0.15, 0.2) is 0 Å². The van der Waals surface area contributed by atoms with Crippen LogP contribution < -0.4 is 0 Å². The molecule has 0 aliphatic heterocycles. The predicted octanol–water partition coefficient (Wildman–Crippen LogP) is -1.34. The molecule has 0 bridgehead atoms. The molecule has 0 N–H and O–H groups in total. The van der Waals surface area contributed by atoms with Gasteiger partial charge in [0.05, 0.1) is 0 Å². The van der Waals surface area contributed by atoms with Crippen molar-refractivity contribution < 1.29 is 47.6 Å². The molecule has 0 unspecified atom stereocenters. The second kappa shape index (κ2) is 15.8. The molecule has 0 spiro atoms. The topological polar surface area (TPSA) is 0 Å². The molecule has 0 aromatic heterocycles. The molecule has 0 aromatic rings. The third-order valence-electron chi connectivity index (χ3n) is 0. The van der Waals surface area contributed by atoms with E-state index in [1.807, 2.05) is 0 Å². The Labute approximate surface area is 116 Å². The Hall–Kier alpha value is 3.84. The molecule has 0 amide bonds. The van der Waals surface area contributed by atoms with E-state index in [-0.39, 0.29) is 119 Å². The van der Waals surface area contributed by atoms with E-state index >= 15 is 0 Å². The van der Waals surface area contributed by atoms with Gasteiger partial charge in [-0.2, -0.15) is 0 Å². The molecule has 0 rings (SSSR count). The smallest absolute Gasteiger partial charge is 1.00 e. The number of hydrogen-bond acceptors (Lipinski definition) is 0. The Balaban J connectivity index is 0. The normalized spacial score (nSPS) is 0. The van der Waals surface area contributed by atoms with E-state index in [1.165, 1.54) is 0 Å². The summed E-state index contributed by atoms with van der Waals surface area (Å²) in [4.78, 5) is 0. The molecule has 0 nitrogen and oxygen atoms in total. The van der Waals surface area contributed by atoms with Gasteiger partial charge in [0.1, 0.15) is 0 Å². The first kappa shape index (κ1) is 24.9. The molecule has 0 fully saturated rings. The van der Waals surface area contributed by atoms with Gasteiger partial charge >= 0.3 is 71.7 Å². The van der Waals surface area contributed by atoms with Crippen molar-refractivity contribution in [2.45, 2.75) is 0 Å². The van der Waals surface area contributed by atoms with Crippen LogP contribution in [0.3, 0.4) is 0 Å². The third kappa shape index (κ3) is 9.28. The molecule has 0 aliphatic carbocycles. The Morgan fingerprint density at radius 3 is 1.25 bits per heavy atom. The maximum absolute atomic E-state index is 0. The quantitative estimate of drug-likeness (QED) is 0.314. The second-order valence-corrected chi connectivity index (χ2v) is 0. The van der Waals surface area contributed by atoms with E-state index in [0.717, 1.165) is 0 Å². The summed E-state index contributed by atoms with van der Waals surface area (Å²) in [7, 11) is 0. The van der Waals surface area contributed by atoms with Crippen LogP contribution in [0.25, 0.3) is 0 Å². The van der Waals surface area contributed by atoms with Crippen LogP contribution in [0.1, 0.15) is 2.85 Å². The Kier molecular flexibility index (Phi) is 98.3. The van der Waals surface area contributed by atoms with Crippen molar-refractivity contribution in [2.75, 3.05) is 0 Å². The van der Waals surface area contributed by atoms with Crippen molar-refractivity contribution in [1.82, 2.24) is 0 Å². The standard InChI is InChI=1S/Bi.Nb.Sr.Ta.5H/q;;+2;;;;;2*-1. The van der Waals surface area contributed by atoms with Crippen molar-refractivity contribution in [3.8, 4) is 0 Å². The Bertz CT molecular complexity index is 13.5. The van der Waals surface area contributed by atoms with Gasteiger partial charge in [-0.25, -0.2) is 0 Å². The summed E-state index contributed by atoms with van der Waals surface area (Å²) in [6.45, 7) is 0. The molecule has 2 radical (unpaired) electrons. The van der Waals surface area contributed by atoms with Gasteiger partial charge < -0.3 is 2.85 Å². The average Bonchev–Trinajstić information content (AvgIpc) is 0. The van der Waals surface area contributed by atoms with E-state index in [0.29, 0.717) is 0 Å². The average molecular weight is 575 g/mol. The maximum Gasteiger partial charge on any atom is 2.00 e. The van der Waals surface area contributed by atoms with Crippen molar-refractivity contribution in [2.24, 2.45) is 0 Å². The molecular weight excluding hydrogens is 570 g/mol. The van der Waals surface area contributed by atoms with Crippen LogP contribution in [0.15, 0.2) is 0 Å². The summed E-state index contributed by atoms with van der Waals surface area (Å²) in [5.41, 5.74) is 0. The SMILES string of the molecule is [BiH3].[H-].[H-].[Nb].[Sr+2].[Ta]. The van der Waals surface area contributed by atoms with E-state index in [9.17, 15) is 0 Å². The molecule has 22 valence electrons. The monoisotopic (exact) mass is 576 g/mol. The van der Waals surface area contributed by atoms with Crippen molar-refractivity contribution in [1.29, 1.82) is 0 Å². The number of hydrogen-bond donors (Lipinski definition) is 0. The van der Waals surface area contributed by atoms with Crippen LogP contribution in [0, 0.1) is 0 Å². The number of rotatable bonds is 0. The first-order valence-electron chi connectivity index (χ1n) is 0. The molecule has 0 saturated carbocycles. The summed E-state index contributed by atoms with van der Waals surface area (Å²) in [5, 5.41) is 0. The van der Waals surface area contributed by atoms with Gasteiger partial charge in [-0.15, -0.1) is 0 Å². The summed E-state index contributed by atoms with van der Waals surface area (Å²) >= 11 is 0. The summed E-state index contributed by atoms with van der Waals surface area (Å²) in [6.07, 6.45) is 0. The van der Waals surface area contributed by atoms with Gasteiger partial charge in [-0.05, 0) is 0 Å². The largest absolute Gasteiger partial charge is 2.00 e. The van der Waals surface area contributed by atoms with Gasteiger partial charge in [-0.1, -0.05) is 0 Å². The minimum absolute atomic E-state index is 0. The maximum atomic E-state index is 0. The van der Waals surface area contributed by atoms with E-state index in [1.54, 1.807) is 0 Å². The van der Waals surface area contributed by atoms with Crippen molar-refractivity contribution in [3.63, 3.8) is 0 Å². The van der Waals surface area contributed by atoms with E-state index in [4.69, 9.17) is 0 Å². The summed E-state index contributed by atoms with van der Waals surface area (Å²) in [6, 6.07) is 0. The molecule has 0 aromatic carbocycles. The molecule has 4 heteroatoms. The zero-order valence-electron chi connectivity index (χ0n) is 4.31. The zero-order chi connectivity index (χ0) is 0.